The van der Waals surface area contributed by atoms with E-state index in [-0.39, 0.29) is 17.9 Å². The highest BCUT2D eigenvalue weighted by atomic mass is 16.5. The maximum atomic E-state index is 12.2. The van der Waals surface area contributed by atoms with Crippen LogP contribution in [0.5, 0.6) is 0 Å². The molecule has 1 amide bonds. The Morgan fingerprint density at radius 3 is 3.10 bits per heavy atom. The van der Waals surface area contributed by atoms with Crippen LogP contribution in [0.3, 0.4) is 0 Å². The first-order chi connectivity index (χ1) is 9.79. The first-order valence-corrected chi connectivity index (χ1v) is 8.06. The number of nitrogens with one attached hydrogen (secondary N) is 1. The minimum absolute atomic E-state index is 0.154. The number of carbonyl (C=O) groups excluding carboxylic acids is 1. The van der Waals surface area contributed by atoms with Gasteiger partial charge in [-0.2, -0.15) is 0 Å². The summed E-state index contributed by atoms with van der Waals surface area (Å²) in [7, 11) is 0. The summed E-state index contributed by atoms with van der Waals surface area (Å²) in [6.45, 7) is 6.76. The summed E-state index contributed by atoms with van der Waals surface area (Å²) in [6, 6.07) is 0. The lowest BCUT2D eigenvalue weighted by Crippen LogP contribution is -2.41. The number of carbonyl (C=O) groups is 1. The fourth-order valence-electron chi connectivity index (χ4n) is 3.02. The molecule has 0 saturated carbocycles. The molecule has 4 heteroatoms. The zero-order chi connectivity index (χ0) is 14.2. The van der Waals surface area contributed by atoms with Crippen molar-refractivity contribution in [1.29, 1.82) is 0 Å². The van der Waals surface area contributed by atoms with E-state index in [1.54, 1.807) is 0 Å². The monoisotopic (exact) mass is 280 g/mol. The van der Waals surface area contributed by atoms with Crippen molar-refractivity contribution in [3.8, 4) is 0 Å². The lowest BCUT2D eigenvalue weighted by molar-refractivity contribution is -0.130. The third-order valence-corrected chi connectivity index (χ3v) is 4.22. The van der Waals surface area contributed by atoms with E-state index in [0.717, 1.165) is 64.9 Å². The predicted molar refractivity (Wildman–Crippen MR) is 80.6 cm³/mol. The fourth-order valence-corrected chi connectivity index (χ4v) is 3.02. The van der Waals surface area contributed by atoms with Crippen molar-refractivity contribution in [2.75, 3.05) is 32.8 Å². The Morgan fingerprint density at radius 1 is 1.45 bits per heavy atom. The van der Waals surface area contributed by atoms with E-state index in [9.17, 15) is 4.79 Å². The quantitative estimate of drug-likeness (QED) is 0.756. The maximum absolute atomic E-state index is 12.2. The second-order valence-corrected chi connectivity index (χ2v) is 5.85. The molecule has 0 bridgehead atoms. The van der Waals surface area contributed by atoms with Crippen LogP contribution >= 0.6 is 0 Å². The van der Waals surface area contributed by atoms with Gasteiger partial charge in [0.05, 0.1) is 6.10 Å². The topological polar surface area (TPSA) is 41.6 Å². The number of amides is 1. The molecule has 2 aliphatic heterocycles. The van der Waals surface area contributed by atoms with Crippen molar-refractivity contribution in [3.63, 3.8) is 0 Å². The van der Waals surface area contributed by atoms with Gasteiger partial charge in [-0.1, -0.05) is 25.5 Å². The summed E-state index contributed by atoms with van der Waals surface area (Å²) in [6.07, 6.45) is 9.82. The number of ether oxygens (including phenoxy) is 1. The van der Waals surface area contributed by atoms with E-state index in [1.165, 1.54) is 0 Å². The van der Waals surface area contributed by atoms with Crippen LogP contribution in [0.2, 0.25) is 0 Å². The highest BCUT2D eigenvalue weighted by Crippen LogP contribution is 2.23. The summed E-state index contributed by atoms with van der Waals surface area (Å²) >= 11 is 0. The maximum Gasteiger partial charge on any atom is 0.223 e. The minimum atomic E-state index is 0.154. The van der Waals surface area contributed by atoms with Gasteiger partial charge < -0.3 is 10.1 Å². The molecule has 0 aromatic heterocycles. The van der Waals surface area contributed by atoms with Crippen molar-refractivity contribution in [2.45, 2.75) is 45.1 Å². The first-order valence-electron chi connectivity index (χ1n) is 8.06. The molecule has 0 aromatic rings. The molecule has 0 unspecified atom stereocenters. The van der Waals surface area contributed by atoms with E-state index in [2.05, 4.69) is 29.3 Å². The van der Waals surface area contributed by atoms with Gasteiger partial charge in [-0.25, -0.2) is 0 Å². The highest BCUT2D eigenvalue weighted by Gasteiger charge is 2.27. The molecular formula is C16H28N2O2. The Hall–Kier alpha value is -0.870. The molecule has 2 rings (SSSR count). The van der Waals surface area contributed by atoms with Crippen LogP contribution in [0.25, 0.3) is 0 Å². The van der Waals surface area contributed by atoms with Crippen molar-refractivity contribution in [2.24, 2.45) is 5.92 Å². The van der Waals surface area contributed by atoms with Gasteiger partial charge in [0.25, 0.3) is 0 Å². The average Bonchev–Trinajstić information content (AvgIpc) is 2.49. The summed E-state index contributed by atoms with van der Waals surface area (Å²) in [5.41, 5.74) is 0. The summed E-state index contributed by atoms with van der Waals surface area (Å²) in [4.78, 5) is 14.6. The van der Waals surface area contributed by atoms with Crippen molar-refractivity contribution in [1.82, 2.24) is 10.2 Å². The third-order valence-electron chi connectivity index (χ3n) is 4.22. The van der Waals surface area contributed by atoms with Crippen LogP contribution in [0.4, 0.5) is 0 Å². The van der Waals surface area contributed by atoms with Crippen molar-refractivity contribution < 1.29 is 9.53 Å². The van der Waals surface area contributed by atoms with Crippen LogP contribution in [0.1, 0.15) is 39.0 Å². The molecule has 1 saturated heterocycles. The Bertz CT molecular complexity index is 328. The van der Waals surface area contributed by atoms with Gasteiger partial charge in [0.1, 0.15) is 0 Å². The van der Waals surface area contributed by atoms with Gasteiger partial charge in [0.2, 0.25) is 5.91 Å². The Kier molecular flexibility index (Phi) is 6.54. The molecule has 114 valence electrons. The molecule has 0 aromatic carbocycles. The molecule has 0 aliphatic carbocycles. The van der Waals surface area contributed by atoms with Crippen LogP contribution < -0.4 is 5.32 Å². The van der Waals surface area contributed by atoms with Gasteiger partial charge >= 0.3 is 0 Å². The predicted octanol–water partition coefficient (Wildman–Crippen LogP) is 1.96. The normalized spacial score (nSPS) is 27.4. The number of hydrogen-bond acceptors (Lipinski definition) is 3. The second kappa shape index (κ2) is 8.42. The van der Waals surface area contributed by atoms with E-state index in [4.69, 9.17) is 4.74 Å². The summed E-state index contributed by atoms with van der Waals surface area (Å²) in [5.74, 6) is 0.378. The van der Waals surface area contributed by atoms with Crippen LogP contribution in [-0.2, 0) is 9.53 Å². The minimum Gasteiger partial charge on any atom is -0.378 e. The van der Waals surface area contributed by atoms with Crippen LogP contribution in [0, 0.1) is 5.92 Å². The van der Waals surface area contributed by atoms with Gasteiger partial charge in [0.15, 0.2) is 0 Å². The molecule has 0 radical (unpaired) electrons. The number of hydrogen-bond donors (Lipinski definition) is 1. The molecule has 2 atom stereocenters. The van der Waals surface area contributed by atoms with Gasteiger partial charge in [0, 0.05) is 38.7 Å². The largest absolute Gasteiger partial charge is 0.378 e. The van der Waals surface area contributed by atoms with Gasteiger partial charge in [-0.05, 0) is 25.7 Å². The Labute approximate surface area is 122 Å². The SMILES string of the molecule is CCC[C@@H]1C[C@H](C(=O)NCCN2CC=CCC2)CCO1. The van der Waals surface area contributed by atoms with E-state index < -0.39 is 0 Å². The molecule has 1 fully saturated rings. The average molecular weight is 280 g/mol. The number of rotatable bonds is 6. The van der Waals surface area contributed by atoms with Crippen LogP contribution in [0.15, 0.2) is 12.2 Å². The summed E-state index contributed by atoms with van der Waals surface area (Å²) < 4.78 is 5.70. The fraction of sp³-hybridized carbons (Fsp3) is 0.812. The molecule has 2 heterocycles. The molecule has 2 aliphatic rings. The lowest BCUT2D eigenvalue weighted by Gasteiger charge is -2.29. The highest BCUT2D eigenvalue weighted by molar-refractivity contribution is 5.78. The van der Waals surface area contributed by atoms with Crippen molar-refractivity contribution in [3.05, 3.63) is 12.2 Å². The van der Waals surface area contributed by atoms with E-state index >= 15 is 0 Å². The molecule has 0 spiro atoms. The molecule has 4 nitrogen and oxygen atoms in total. The Balaban J connectivity index is 1.64. The zero-order valence-electron chi connectivity index (χ0n) is 12.6. The Morgan fingerprint density at radius 2 is 2.35 bits per heavy atom. The zero-order valence-corrected chi connectivity index (χ0v) is 12.6. The standard InChI is InChI=1S/C16H28N2O2/c1-2-6-15-13-14(7-12-20-15)16(19)17-8-11-18-9-4-3-5-10-18/h3-4,14-15H,2,5-13H2,1H3,(H,17,19)/t14-,15-/m1/s1. The molecule has 1 N–H and O–H groups in total. The smallest absolute Gasteiger partial charge is 0.223 e. The summed E-state index contributed by atoms with van der Waals surface area (Å²) in [5, 5.41) is 3.10. The van der Waals surface area contributed by atoms with E-state index in [0.29, 0.717) is 0 Å². The van der Waals surface area contributed by atoms with Gasteiger partial charge in [-0.15, -0.1) is 0 Å². The molecular weight excluding hydrogens is 252 g/mol. The second-order valence-electron chi connectivity index (χ2n) is 5.85. The number of nitrogens with zero attached hydrogens (tertiary/aromatic N) is 1. The third kappa shape index (κ3) is 4.91. The first kappa shape index (κ1) is 15.5. The molecule has 20 heavy (non-hydrogen) atoms. The lowest BCUT2D eigenvalue weighted by atomic mass is 9.93. The van der Waals surface area contributed by atoms with Gasteiger partial charge in [-0.3, -0.25) is 9.69 Å². The van der Waals surface area contributed by atoms with E-state index in [1.807, 2.05) is 0 Å². The van der Waals surface area contributed by atoms with Crippen molar-refractivity contribution >= 4 is 5.91 Å². The van der Waals surface area contributed by atoms with Crippen LogP contribution in [-0.4, -0.2) is 49.7 Å².